The number of hydrogen-bond donors (Lipinski definition) is 1. The summed E-state index contributed by atoms with van der Waals surface area (Å²) in [7, 11) is 1.65. The van der Waals surface area contributed by atoms with Crippen LogP contribution < -0.4 is 10.5 Å². The van der Waals surface area contributed by atoms with Crippen molar-refractivity contribution in [3.63, 3.8) is 0 Å². The highest BCUT2D eigenvalue weighted by Gasteiger charge is 2.15. The van der Waals surface area contributed by atoms with Crippen LogP contribution in [0.4, 0.5) is 5.00 Å². The molecule has 0 unspecified atom stereocenters. The van der Waals surface area contributed by atoms with Crippen LogP contribution in [0.5, 0.6) is 5.75 Å². The zero-order valence-electron chi connectivity index (χ0n) is 12.0. The quantitative estimate of drug-likeness (QED) is 0.799. The maximum Gasteiger partial charge on any atom is 0.268 e. The number of nitrogens with zero attached hydrogens (tertiary/aromatic N) is 2. The van der Waals surface area contributed by atoms with Gasteiger partial charge >= 0.3 is 0 Å². The number of rotatable bonds is 3. The summed E-state index contributed by atoms with van der Waals surface area (Å²) in [6, 6.07) is 7.69. The first-order valence-corrected chi connectivity index (χ1v) is 7.25. The highest BCUT2D eigenvalue weighted by Crippen LogP contribution is 2.34. The summed E-state index contributed by atoms with van der Waals surface area (Å²) >= 11 is 1.45. The van der Waals surface area contributed by atoms with Crippen molar-refractivity contribution >= 4 is 16.3 Å². The van der Waals surface area contributed by atoms with Gasteiger partial charge < -0.3 is 15.0 Å². The Morgan fingerprint density at radius 1 is 1.19 bits per heavy atom. The van der Waals surface area contributed by atoms with Gasteiger partial charge in [0, 0.05) is 5.56 Å². The molecule has 0 saturated carbocycles. The maximum absolute atomic E-state index is 5.80. The molecule has 0 radical (unpaired) electrons. The van der Waals surface area contributed by atoms with E-state index in [9.17, 15) is 0 Å². The van der Waals surface area contributed by atoms with Crippen molar-refractivity contribution in [1.82, 2.24) is 10.1 Å². The Kier molecular flexibility index (Phi) is 3.39. The van der Waals surface area contributed by atoms with Crippen molar-refractivity contribution in [2.24, 2.45) is 0 Å². The molecule has 0 aliphatic rings. The molecule has 3 aromatic rings. The largest absolute Gasteiger partial charge is 0.496 e. The Morgan fingerprint density at radius 2 is 2.00 bits per heavy atom. The van der Waals surface area contributed by atoms with Gasteiger partial charge in [0.05, 0.1) is 17.0 Å². The highest BCUT2D eigenvalue weighted by molar-refractivity contribution is 7.19. The zero-order chi connectivity index (χ0) is 15.0. The van der Waals surface area contributed by atoms with Crippen LogP contribution in [0.1, 0.15) is 11.1 Å². The molecule has 0 spiro atoms. The number of aromatic nitrogens is 2. The summed E-state index contributed by atoms with van der Waals surface area (Å²) in [5.74, 6) is 1.89. The summed E-state index contributed by atoms with van der Waals surface area (Å²) in [5, 5.41) is 4.79. The topological polar surface area (TPSA) is 74.2 Å². The number of aryl methyl sites for hydroxylation is 2. The zero-order valence-corrected chi connectivity index (χ0v) is 12.8. The van der Waals surface area contributed by atoms with E-state index in [4.69, 9.17) is 15.0 Å². The maximum atomic E-state index is 5.80. The summed E-state index contributed by atoms with van der Waals surface area (Å²) in [5.41, 5.74) is 8.76. The van der Waals surface area contributed by atoms with Gasteiger partial charge in [0.25, 0.3) is 5.89 Å². The molecule has 0 amide bonds. The number of thiophene rings is 1. The SMILES string of the molecule is COc1ccc(-c2noc(-c3sc(N)cc3C)n2)cc1C. The highest BCUT2D eigenvalue weighted by atomic mass is 32.1. The van der Waals surface area contributed by atoms with Crippen molar-refractivity contribution in [2.75, 3.05) is 12.8 Å². The molecule has 2 N–H and O–H groups in total. The normalized spacial score (nSPS) is 10.8. The smallest absolute Gasteiger partial charge is 0.268 e. The Hall–Kier alpha value is -2.34. The summed E-state index contributed by atoms with van der Waals surface area (Å²) < 4.78 is 10.6. The number of ether oxygens (including phenoxy) is 1. The molecule has 1 aromatic carbocycles. The van der Waals surface area contributed by atoms with Gasteiger partial charge in [0.2, 0.25) is 5.82 Å². The van der Waals surface area contributed by atoms with E-state index in [1.165, 1.54) is 11.3 Å². The van der Waals surface area contributed by atoms with Gasteiger partial charge in [-0.05, 0) is 49.2 Å². The second-order valence-electron chi connectivity index (χ2n) is 4.77. The molecule has 0 atom stereocenters. The van der Waals surface area contributed by atoms with Crippen LogP contribution in [0.2, 0.25) is 0 Å². The van der Waals surface area contributed by atoms with Gasteiger partial charge in [0.1, 0.15) is 5.75 Å². The van der Waals surface area contributed by atoms with E-state index in [1.807, 2.05) is 38.1 Å². The minimum Gasteiger partial charge on any atom is -0.496 e. The van der Waals surface area contributed by atoms with Gasteiger partial charge in [-0.25, -0.2) is 0 Å². The van der Waals surface area contributed by atoms with E-state index in [0.717, 1.165) is 32.3 Å². The van der Waals surface area contributed by atoms with Crippen LogP contribution in [-0.2, 0) is 0 Å². The fourth-order valence-corrected chi connectivity index (χ4v) is 3.03. The molecular weight excluding hydrogens is 286 g/mol. The Balaban J connectivity index is 1.98. The molecule has 0 aliphatic heterocycles. The number of methoxy groups -OCH3 is 1. The minimum absolute atomic E-state index is 0.498. The second kappa shape index (κ2) is 5.21. The lowest BCUT2D eigenvalue weighted by molar-refractivity contribution is 0.411. The van der Waals surface area contributed by atoms with E-state index in [0.29, 0.717) is 11.7 Å². The van der Waals surface area contributed by atoms with Crippen LogP contribution in [0, 0.1) is 13.8 Å². The third kappa shape index (κ3) is 2.50. The number of hydrogen-bond acceptors (Lipinski definition) is 6. The number of anilines is 1. The molecule has 0 bridgehead atoms. The van der Waals surface area contributed by atoms with Crippen LogP contribution in [0.15, 0.2) is 28.8 Å². The number of benzene rings is 1. The fraction of sp³-hybridized carbons (Fsp3) is 0.200. The third-order valence-corrected chi connectivity index (χ3v) is 4.26. The van der Waals surface area contributed by atoms with Crippen LogP contribution in [0.25, 0.3) is 22.2 Å². The van der Waals surface area contributed by atoms with E-state index in [-0.39, 0.29) is 0 Å². The molecule has 2 aromatic heterocycles. The van der Waals surface area contributed by atoms with E-state index in [2.05, 4.69) is 10.1 Å². The molecule has 2 heterocycles. The number of nitrogens with two attached hydrogens (primary N) is 1. The molecule has 0 fully saturated rings. The molecule has 5 nitrogen and oxygen atoms in total. The average molecular weight is 301 g/mol. The molecule has 0 saturated heterocycles. The van der Waals surface area contributed by atoms with Crippen molar-refractivity contribution in [2.45, 2.75) is 13.8 Å². The predicted octanol–water partition coefficient (Wildman–Crippen LogP) is 3.67. The first kappa shape index (κ1) is 13.6. The van der Waals surface area contributed by atoms with Gasteiger partial charge in [0.15, 0.2) is 0 Å². The van der Waals surface area contributed by atoms with E-state index < -0.39 is 0 Å². The predicted molar refractivity (Wildman–Crippen MR) is 83.5 cm³/mol. The standard InChI is InChI=1S/C15H15N3O2S/c1-8-6-10(4-5-11(8)19-3)14-17-15(20-18-14)13-9(2)7-12(16)21-13/h4-7H,16H2,1-3H3. The lowest BCUT2D eigenvalue weighted by Gasteiger charge is -2.04. The Labute approximate surface area is 126 Å². The lowest BCUT2D eigenvalue weighted by atomic mass is 10.1. The van der Waals surface area contributed by atoms with Gasteiger partial charge in [-0.1, -0.05) is 5.16 Å². The van der Waals surface area contributed by atoms with Crippen molar-refractivity contribution in [1.29, 1.82) is 0 Å². The van der Waals surface area contributed by atoms with Crippen molar-refractivity contribution in [3.05, 3.63) is 35.4 Å². The summed E-state index contributed by atoms with van der Waals surface area (Å²) in [6.07, 6.45) is 0. The minimum atomic E-state index is 0.498. The molecular formula is C15H15N3O2S. The van der Waals surface area contributed by atoms with E-state index >= 15 is 0 Å². The number of nitrogen functional groups attached to an aromatic ring is 1. The Bertz CT molecular complexity index is 792. The van der Waals surface area contributed by atoms with Crippen molar-refractivity contribution < 1.29 is 9.26 Å². The van der Waals surface area contributed by atoms with Gasteiger partial charge in [-0.3, -0.25) is 0 Å². The Morgan fingerprint density at radius 3 is 2.62 bits per heavy atom. The third-order valence-electron chi connectivity index (χ3n) is 3.21. The lowest BCUT2D eigenvalue weighted by Crippen LogP contribution is -1.88. The molecule has 108 valence electrons. The summed E-state index contributed by atoms with van der Waals surface area (Å²) in [4.78, 5) is 5.37. The monoisotopic (exact) mass is 301 g/mol. The van der Waals surface area contributed by atoms with Crippen LogP contribution in [-0.4, -0.2) is 17.3 Å². The second-order valence-corrected chi connectivity index (χ2v) is 5.85. The van der Waals surface area contributed by atoms with Gasteiger partial charge in [-0.2, -0.15) is 4.98 Å². The van der Waals surface area contributed by atoms with E-state index in [1.54, 1.807) is 7.11 Å². The van der Waals surface area contributed by atoms with Gasteiger partial charge in [-0.15, -0.1) is 11.3 Å². The van der Waals surface area contributed by atoms with Crippen LogP contribution >= 0.6 is 11.3 Å². The molecule has 21 heavy (non-hydrogen) atoms. The van der Waals surface area contributed by atoms with Crippen LogP contribution in [0.3, 0.4) is 0 Å². The first-order valence-electron chi connectivity index (χ1n) is 6.43. The molecule has 0 aliphatic carbocycles. The van der Waals surface area contributed by atoms with Crippen molar-refractivity contribution in [3.8, 4) is 27.9 Å². The first-order chi connectivity index (χ1) is 10.1. The molecule has 3 rings (SSSR count). The average Bonchev–Trinajstić information content (AvgIpc) is 3.05. The molecule has 6 heteroatoms. The fourth-order valence-electron chi connectivity index (χ4n) is 2.17. The summed E-state index contributed by atoms with van der Waals surface area (Å²) in [6.45, 7) is 3.96.